The largest absolute Gasteiger partial charge is 0.490 e. The molecular formula is C15H18O4. The van der Waals surface area contributed by atoms with Gasteiger partial charge >= 0.3 is 0 Å². The first-order valence-electron chi connectivity index (χ1n) is 6.73. The second-order valence-electron chi connectivity index (χ2n) is 5.25. The van der Waals surface area contributed by atoms with Crippen LogP contribution in [-0.4, -0.2) is 37.8 Å². The Morgan fingerprint density at radius 1 is 1.26 bits per heavy atom. The topological polar surface area (TPSA) is 44.8 Å². The van der Waals surface area contributed by atoms with Gasteiger partial charge in [0.15, 0.2) is 0 Å². The van der Waals surface area contributed by atoms with E-state index in [0.29, 0.717) is 12.2 Å². The average Bonchev–Trinajstić information content (AvgIpc) is 2.88. The minimum Gasteiger partial charge on any atom is -0.490 e. The first-order chi connectivity index (χ1) is 9.30. The maximum absolute atomic E-state index is 10.6. The number of carbonyl (C=O) groups excluding carboxylic acids is 1. The van der Waals surface area contributed by atoms with E-state index in [9.17, 15) is 4.79 Å². The van der Waals surface area contributed by atoms with E-state index in [2.05, 4.69) is 0 Å². The lowest BCUT2D eigenvalue weighted by molar-refractivity contribution is -0.112. The van der Waals surface area contributed by atoms with E-state index in [0.717, 1.165) is 44.5 Å². The summed E-state index contributed by atoms with van der Waals surface area (Å²) in [5, 5.41) is 0. The number of aldehydes is 1. The van der Waals surface area contributed by atoms with Gasteiger partial charge in [0.05, 0.1) is 18.8 Å². The van der Waals surface area contributed by atoms with Gasteiger partial charge in [-0.25, -0.2) is 0 Å². The van der Waals surface area contributed by atoms with Crippen molar-refractivity contribution in [2.24, 2.45) is 0 Å². The van der Waals surface area contributed by atoms with Crippen molar-refractivity contribution in [3.05, 3.63) is 29.8 Å². The lowest BCUT2D eigenvalue weighted by Crippen LogP contribution is -2.44. The van der Waals surface area contributed by atoms with Gasteiger partial charge in [-0.05, 0) is 24.3 Å². The quantitative estimate of drug-likeness (QED) is 0.783. The van der Waals surface area contributed by atoms with Crippen LogP contribution in [0.1, 0.15) is 29.6 Å². The summed E-state index contributed by atoms with van der Waals surface area (Å²) in [7, 11) is 0. The number of ether oxygens (including phenoxy) is 3. The Kier molecular flexibility index (Phi) is 3.53. The maximum Gasteiger partial charge on any atom is 0.150 e. The molecule has 0 N–H and O–H groups in total. The summed E-state index contributed by atoms with van der Waals surface area (Å²) in [4.78, 5) is 10.6. The lowest BCUT2D eigenvalue weighted by Gasteiger charge is -2.37. The van der Waals surface area contributed by atoms with E-state index < -0.39 is 0 Å². The predicted octanol–water partition coefficient (Wildman–Crippen LogP) is 2.22. The Morgan fingerprint density at radius 3 is 2.79 bits per heavy atom. The third kappa shape index (κ3) is 2.80. The summed E-state index contributed by atoms with van der Waals surface area (Å²) < 4.78 is 17.3. The van der Waals surface area contributed by atoms with Gasteiger partial charge in [-0.3, -0.25) is 4.79 Å². The van der Waals surface area contributed by atoms with Crippen molar-refractivity contribution in [1.29, 1.82) is 0 Å². The SMILES string of the molecule is O=Cc1ccc(OC2CCOC3(CCOC3)C2)cc1. The Labute approximate surface area is 112 Å². The minimum atomic E-state index is -0.133. The van der Waals surface area contributed by atoms with Crippen molar-refractivity contribution < 1.29 is 19.0 Å². The van der Waals surface area contributed by atoms with Crippen molar-refractivity contribution >= 4 is 6.29 Å². The summed E-state index contributed by atoms with van der Waals surface area (Å²) in [6.07, 6.45) is 3.73. The van der Waals surface area contributed by atoms with E-state index in [1.165, 1.54) is 0 Å². The Bertz CT molecular complexity index is 434. The third-order valence-electron chi connectivity index (χ3n) is 3.83. The molecule has 0 aromatic heterocycles. The van der Waals surface area contributed by atoms with Crippen LogP contribution in [0.25, 0.3) is 0 Å². The molecule has 19 heavy (non-hydrogen) atoms. The van der Waals surface area contributed by atoms with Crippen LogP contribution >= 0.6 is 0 Å². The fourth-order valence-corrected chi connectivity index (χ4v) is 2.76. The molecule has 102 valence electrons. The molecule has 0 aliphatic carbocycles. The van der Waals surface area contributed by atoms with Gasteiger partial charge in [0.25, 0.3) is 0 Å². The minimum absolute atomic E-state index is 0.133. The van der Waals surface area contributed by atoms with Crippen LogP contribution in [0, 0.1) is 0 Å². The molecule has 2 unspecified atom stereocenters. The molecule has 4 nitrogen and oxygen atoms in total. The highest BCUT2D eigenvalue weighted by atomic mass is 16.6. The molecule has 0 amide bonds. The molecule has 2 atom stereocenters. The van der Waals surface area contributed by atoms with Gasteiger partial charge in [0, 0.05) is 31.4 Å². The van der Waals surface area contributed by atoms with Crippen molar-refractivity contribution in [2.45, 2.75) is 31.0 Å². The van der Waals surface area contributed by atoms with E-state index in [-0.39, 0.29) is 11.7 Å². The summed E-state index contributed by atoms with van der Waals surface area (Å²) in [6, 6.07) is 7.24. The predicted molar refractivity (Wildman–Crippen MR) is 69.6 cm³/mol. The molecule has 2 aliphatic rings. The van der Waals surface area contributed by atoms with Gasteiger partial charge in [-0.15, -0.1) is 0 Å². The van der Waals surface area contributed by atoms with Crippen LogP contribution < -0.4 is 4.74 Å². The molecule has 1 aromatic rings. The zero-order chi connectivity index (χ0) is 13.1. The van der Waals surface area contributed by atoms with Crippen molar-refractivity contribution in [2.75, 3.05) is 19.8 Å². The van der Waals surface area contributed by atoms with Crippen LogP contribution in [0.2, 0.25) is 0 Å². The third-order valence-corrected chi connectivity index (χ3v) is 3.83. The fourth-order valence-electron chi connectivity index (χ4n) is 2.76. The van der Waals surface area contributed by atoms with Gasteiger partial charge < -0.3 is 14.2 Å². The Balaban J connectivity index is 1.63. The smallest absolute Gasteiger partial charge is 0.150 e. The van der Waals surface area contributed by atoms with E-state index in [1.807, 2.05) is 12.1 Å². The van der Waals surface area contributed by atoms with Gasteiger partial charge in [0.1, 0.15) is 18.1 Å². The van der Waals surface area contributed by atoms with Crippen LogP contribution in [0.5, 0.6) is 5.75 Å². The van der Waals surface area contributed by atoms with E-state index in [1.54, 1.807) is 12.1 Å². The highest BCUT2D eigenvalue weighted by Crippen LogP contribution is 2.34. The molecular weight excluding hydrogens is 244 g/mol. The van der Waals surface area contributed by atoms with Crippen molar-refractivity contribution in [3.63, 3.8) is 0 Å². The lowest BCUT2D eigenvalue weighted by atomic mass is 9.91. The number of hydrogen-bond acceptors (Lipinski definition) is 4. The Morgan fingerprint density at radius 2 is 2.11 bits per heavy atom. The monoisotopic (exact) mass is 262 g/mol. The number of benzene rings is 1. The molecule has 2 saturated heterocycles. The fraction of sp³-hybridized carbons (Fsp3) is 0.533. The highest BCUT2D eigenvalue weighted by Gasteiger charge is 2.41. The number of hydrogen-bond donors (Lipinski definition) is 0. The first-order valence-corrected chi connectivity index (χ1v) is 6.73. The first kappa shape index (κ1) is 12.6. The molecule has 2 fully saturated rings. The maximum atomic E-state index is 10.6. The molecule has 3 rings (SSSR count). The molecule has 1 spiro atoms. The summed E-state index contributed by atoms with van der Waals surface area (Å²) >= 11 is 0. The standard InChI is InChI=1S/C15H18O4/c16-10-12-1-3-13(4-2-12)19-14-5-7-18-15(9-14)6-8-17-11-15/h1-4,10,14H,5-9,11H2. The Hall–Kier alpha value is -1.39. The normalized spacial score (nSPS) is 30.4. The molecule has 4 heteroatoms. The summed E-state index contributed by atoms with van der Waals surface area (Å²) in [6.45, 7) is 2.18. The zero-order valence-corrected chi connectivity index (χ0v) is 10.8. The molecule has 0 saturated carbocycles. The summed E-state index contributed by atoms with van der Waals surface area (Å²) in [5.41, 5.74) is 0.533. The van der Waals surface area contributed by atoms with E-state index >= 15 is 0 Å². The van der Waals surface area contributed by atoms with Gasteiger partial charge in [-0.2, -0.15) is 0 Å². The van der Waals surface area contributed by atoms with Crippen LogP contribution in [0.4, 0.5) is 0 Å². The molecule has 2 aliphatic heterocycles. The zero-order valence-electron chi connectivity index (χ0n) is 10.8. The van der Waals surface area contributed by atoms with Crippen molar-refractivity contribution in [3.8, 4) is 5.75 Å². The second-order valence-corrected chi connectivity index (χ2v) is 5.25. The molecule has 1 aromatic carbocycles. The van der Waals surface area contributed by atoms with Crippen LogP contribution in [-0.2, 0) is 9.47 Å². The molecule has 2 heterocycles. The van der Waals surface area contributed by atoms with Crippen molar-refractivity contribution in [1.82, 2.24) is 0 Å². The highest BCUT2D eigenvalue weighted by molar-refractivity contribution is 5.74. The van der Waals surface area contributed by atoms with Gasteiger partial charge in [-0.1, -0.05) is 0 Å². The second kappa shape index (κ2) is 5.31. The van der Waals surface area contributed by atoms with Crippen LogP contribution in [0.3, 0.4) is 0 Å². The summed E-state index contributed by atoms with van der Waals surface area (Å²) in [5.74, 6) is 0.812. The number of carbonyl (C=O) groups is 1. The van der Waals surface area contributed by atoms with Crippen LogP contribution in [0.15, 0.2) is 24.3 Å². The molecule has 0 bridgehead atoms. The average molecular weight is 262 g/mol. The van der Waals surface area contributed by atoms with E-state index in [4.69, 9.17) is 14.2 Å². The number of rotatable bonds is 3. The molecule has 0 radical (unpaired) electrons. The van der Waals surface area contributed by atoms with Gasteiger partial charge in [0.2, 0.25) is 0 Å².